The molecule has 4 fully saturated rings. The van der Waals surface area contributed by atoms with E-state index in [2.05, 4.69) is 10.6 Å². The zero-order chi connectivity index (χ0) is 21.6. The second-order valence-electron chi connectivity index (χ2n) is 9.60. The molecule has 2 aliphatic carbocycles. The molecule has 0 radical (unpaired) electrons. The molecule has 2 saturated heterocycles. The minimum absolute atomic E-state index is 0.0142. The van der Waals surface area contributed by atoms with E-state index in [1.165, 1.54) is 6.42 Å². The summed E-state index contributed by atoms with van der Waals surface area (Å²) in [5, 5.41) is 6.25. The van der Waals surface area contributed by atoms with Crippen molar-refractivity contribution in [1.29, 1.82) is 0 Å². The van der Waals surface area contributed by atoms with Crippen LogP contribution in [0.3, 0.4) is 0 Å². The van der Waals surface area contributed by atoms with Gasteiger partial charge in [-0.1, -0.05) is 32.1 Å². The van der Waals surface area contributed by atoms with Gasteiger partial charge in [-0.3, -0.25) is 9.59 Å². The van der Waals surface area contributed by atoms with Gasteiger partial charge in [-0.15, -0.1) is 0 Å². The van der Waals surface area contributed by atoms with Crippen molar-refractivity contribution >= 4 is 17.8 Å². The van der Waals surface area contributed by atoms with E-state index in [4.69, 9.17) is 4.74 Å². The Balaban J connectivity index is 1.44. The van der Waals surface area contributed by atoms with E-state index in [-0.39, 0.29) is 29.8 Å². The normalized spacial score (nSPS) is 26.6. The van der Waals surface area contributed by atoms with Gasteiger partial charge in [-0.25, -0.2) is 4.79 Å². The third-order valence-corrected chi connectivity index (χ3v) is 7.50. The van der Waals surface area contributed by atoms with E-state index < -0.39 is 12.1 Å². The summed E-state index contributed by atoms with van der Waals surface area (Å²) in [6.45, 7) is 2.76. The summed E-state index contributed by atoms with van der Waals surface area (Å²) >= 11 is 0. The van der Waals surface area contributed by atoms with Crippen LogP contribution in [0.25, 0.3) is 0 Å². The number of ether oxygens (including phenoxy) is 1. The maximum atomic E-state index is 13.7. The zero-order valence-electron chi connectivity index (χ0n) is 18.7. The number of amides is 4. The van der Waals surface area contributed by atoms with Crippen LogP contribution in [0.2, 0.25) is 0 Å². The number of nitrogens with zero attached hydrogens (tertiary/aromatic N) is 2. The molecule has 0 bridgehead atoms. The topological polar surface area (TPSA) is 91.0 Å². The van der Waals surface area contributed by atoms with Gasteiger partial charge in [0, 0.05) is 25.7 Å². The first-order valence-electron chi connectivity index (χ1n) is 12.4. The number of hydrogen-bond donors (Lipinski definition) is 2. The van der Waals surface area contributed by atoms with Crippen molar-refractivity contribution in [2.75, 3.05) is 32.8 Å². The quantitative estimate of drug-likeness (QED) is 0.693. The van der Waals surface area contributed by atoms with Crippen LogP contribution in [-0.2, 0) is 14.3 Å². The second-order valence-corrected chi connectivity index (χ2v) is 9.60. The van der Waals surface area contributed by atoms with E-state index in [0.29, 0.717) is 39.3 Å². The van der Waals surface area contributed by atoms with Crippen molar-refractivity contribution < 1.29 is 19.1 Å². The molecule has 2 saturated carbocycles. The van der Waals surface area contributed by atoms with Crippen LogP contribution in [0.15, 0.2) is 0 Å². The van der Waals surface area contributed by atoms with Gasteiger partial charge < -0.3 is 25.2 Å². The Kier molecular flexibility index (Phi) is 7.69. The van der Waals surface area contributed by atoms with Gasteiger partial charge in [0.05, 0.1) is 13.2 Å². The maximum absolute atomic E-state index is 13.7. The molecule has 2 atom stereocenters. The summed E-state index contributed by atoms with van der Waals surface area (Å²) < 4.78 is 5.35. The summed E-state index contributed by atoms with van der Waals surface area (Å²) in [4.78, 5) is 43.1. The Morgan fingerprint density at radius 3 is 2.19 bits per heavy atom. The standard InChI is InChI=1S/C23H38N4O4/c28-21(24-18-9-4-5-10-18)19-11-6-12-27(19)22(29)20(17-7-2-1-3-8-17)25-23(30)26-13-15-31-16-14-26/h17-20H,1-16H2,(H,24,28)(H,25,30)/t19-,20-/m0/s1. The predicted octanol–water partition coefficient (Wildman–Crippen LogP) is 2.03. The summed E-state index contributed by atoms with van der Waals surface area (Å²) in [6, 6.07) is -0.881. The number of likely N-dealkylation sites (tertiary alicyclic amines) is 1. The fourth-order valence-electron chi connectivity index (χ4n) is 5.69. The SMILES string of the molecule is O=C(NC1CCCC1)[C@@H]1CCCN1C(=O)[C@@H](NC(=O)N1CCOCC1)C1CCCCC1. The van der Waals surface area contributed by atoms with E-state index in [0.717, 1.165) is 57.8 Å². The molecule has 4 aliphatic rings. The largest absolute Gasteiger partial charge is 0.378 e. The third-order valence-electron chi connectivity index (χ3n) is 7.50. The number of carbonyl (C=O) groups excluding carboxylic acids is 3. The summed E-state index contributed by atoms with van der Waals surface area (Å²) in [7, 11) is 0. The lowest BCUT2D eigenvalue weighted by Gasteiger charge is -2.36. The Bertz CT molecular complexity index is 639. The minimum atomic E-state index is -0.546. The number of hydrogen-bond acceptors (Lipinski definition) is 4. The fraction of sp³-hybridized carbons (Fsp3) is 0.870. The first-order chi connectivity index (χ1) is 15.1. The molecule has 174 valence electrons. The van der Waals surface area contributed by atoms with Crippen LogP contribution in [-0.4, -0.2) is 78.6 Å². The highest BCUT2D eigenvalue weighted by Crippen LogP contribution is 2.30. The third kappa shape index (κ3) is 5.51. The lowest BCUT2D eigenvalue weighted by Crippen LogP contribution is -2.59. The first kappa shape index (κ1) is 22.4. The highest BCUT2D eigenvalue weighted by atomic mass is 16.5. The molecule has 4 rings (SSSR count). The van der Waals surface area contributed by atoms with Crippen molar-refractivity contribution in [1.82, 2.24) is 20.4 Å². The van der Waals surface area contributed by atoms with Gasteiger partial charge in [-0.05, 0) is 44.4 Å². The average Bonchev–Trinajstić information content (AvgIpc) is 3.50. The Morgan fingerprint density at radius 1 is 0.806 bits per heavy atom. The lowest BCUT2D eigenvalue weighted by atomic mass is 9.83. The molecule has 8 nitrogen and oxygen atoms in total. The molecule has 0 aromatic heterocycles. The average molecular weight is 435 g/mol. The van der Waals surface area contributed by atoms with E-state index in [1.807, 2.05) is 0 Å². The molecular formula is C23H38N4O4. The van der Waals surface area contributed by atoms with E-state index >= 15 is 0 Å². The second kappa shape index (κ2) is 10.7. The summed E-state index contributed by atoms with van der Waals surface area (Å²) in [5.41, 5.74) is 0. The molecule has 0 aromatic carbocycles. The minimum Gasteiger partial charge on any atom is -0.378 e. The fourth-order valence-corrected chi connectivity index (χ4v) is 5.69. The molecule has 2 heterocycles. The zero-order valence-corrected chi connectivity index (χ0v) is 18.7. The van der Waals surface area contributed by atoms with Gasteiger partial charge in [-0.2, -0.15) is 0 Å². The van der Waals surface area contributed by atoms with Crippen LogP contribution in [0.1, 0.15) is 70.6 Å². The Labute approximate surface area is 185 Å². The van der Waals surface area contributed by atoms with Gasteiger partial charge in [0.1, 0.15) is 12.1 Å². The molecule has 0 unspecified atom stereocenters. The van der Waals surface area contributed by atoms with Crippen molar-refractivity contribution in [3.63, 3.8) is 0 Å². The number of morpholine rings is 1. The number of nitrogens with one attached hydrogen (secondary N) is 2. The molecule has 8 heteroatoms. The molecular weight excluding hydrogens is 396 g/mol. The maximum Gasteiger partial charge on any atom is 0.318 e. The van der Waals surface area contributed by atoms with Gasteiger partial charge in [0.2, 0.25) is 11.8 Å². The van der Waals surface area contributed by atoms with Crippen LogP contribution in [0, 0.1) is 5.92 Å². The van der Waals surface area contributed by atoms with Crippen molar-refractivity contribution in [3.05, 3.63) is 0 Å². The molecule has 0 spiro atoms. The van der Waals surface area contributed by atoms with Crippen LogP contribution in [0.4, 0.5) is 4.79 Å². The molecule has 2 N–H and O–H groups in total. The molecule has 0 aromatic rings. The van der Waals surface area contributed by atoms with E-state index in [9.17, 15) is 14.4 Å². The Hall–Kier alpha value is -1.83. The smallest absolute Gasteiger partial charge is 0.318 e. The van der Waals surface area contributed by atoms with Crippen molar-refractivity contribution in [3.8, 4) is 0 Å². The highest BCUT2D eigenvalue weighted by Gasteiger charge is 2.41. The van der Waals surface area contributed by atoms with Gasteiger partial charge >= 0.3 is 6.03 Å². The van der Waals surface area contributed by atoms with Gasteiger partial charge in [0.25, 0.3) is 0 Å². The van der Waals surface area contributed by atoms with Crippen LogP contribution in [0.5, 0.6) is 0 Å². The number of rotatable bonds is 5. The first-order valence-corrected chi connectivity index (χ1v) is 12.4. The predicted molar refractivity (Wildman–Crippen MR) is 116 cm³/mol. The molecule has 4 amide bonds. The summed E-state index contributed by atoms with van der Waals surface area (Å²) in [6.07, 6.45) is 11.2. The lowest BCUT2D eigenvalue weighted by molar-refractivity contribution is -0.141. The number of urea groups is 1. The van der Waals surface area contributed by atoms with Crippen molar-refractivity contribution in [2.45, 2.75) is 88.8 Å². The number of carbonyl (C=O) groups is 3. The Morgan fingerprint density at radius 2 is 1.48 bits per heavy atom. The van der Waals surface area contributed by atoms with Crippen LogP contribution < -0.4 is 10.6 Å². The monoisotopic (exact) mass is 434 g/mol. The van der Waals surface area contributed by atoms with Gasteiger partial charge in [0.15, 0.2) is 0 Å². The molecule has 2 aliphatic heterocycles. The van der Waals surface area contributed by atoms with E-state index in [1.54, 1.807) is 9.80 Å². The van der Waals surface area contributed by atoms with Crippen molar-refractivity contribution in [2.24, 2.45) is 5.92 Å². The highest BCUT2D eigenvalue weighted by molar-refractivity contribution is 5.92. The summed E-state index contributed by atoms with van der Waals surface area (Å²) in [5.74, 6) is 0.0580. The van der Waals surface area contributed by atoms with Crippen LogP contribution >= 0.6 is 0 Å². The molecule has 31 heavy (non-hydrogen) atoms.